The molecule has 3 heteroatoms. The van der Waals surface area contributed by atoms with Crippen LogP contribution in [0.25, 0.3) is 0 Å². The minimum absolute atomic E-state index is 0.0863. The van der Waals surface area contributed by atoms with Gasteiger partial charge in [0, 0.05) is 18.1 Å². The number of nitrogens with two attached hydrogens (primary N) is 1. The second-order valence-electron chi connectivity index (χ2n) is 4.29. The van der Waals surface area contributed by atoms with Gasteiger partial charge in [0.2, 0.25) is 0 Å². The van der Waals surface area contributed by atoms with Crippen molar-refractivity contribution in [2.45, 2.75) is 32.8 Å². The molecule has 0 bridgehead atoms. The molecule has 78 valence electrons. The van der Waals surface area contributed by atoms with E-state index in [0.717, 1.165) is 17.7 Å². The number of nitrogen functional groups attached to an aromatic ring is 1. The van der Waals surface area contributed by atoms with E-state index in [-0.39, 0.29) is 5.60 Å². The van der Waals surface area contributed by atoms with Gasteiger partial charge >= 0.3 is 0 Å². The Bertz CT molecular complexity index is 292. The Balaban J connectivity index is 2.43. The number of pyridine rings is 1. The Morgan fingerprint density at radius 3 is 2.71 bits per heavy atom. The van der Waals surface area contributed by atoms with E-state index in [1.807, 2.05) is 26.8 Å². The molecule has 1 rings (SSSR count). The van der Waals surface area contributed by atoms with Gasteiger partial charge in [-0.05, 0) is 38.8 Å². The molecule has 0 fully saturated rings. The summed E-state index contributed by atoms with van der Waals surface area (Å²) in [6, 6.07) is 1.81. The predicted octanol–water partition coefficient (Wildman–Crippen LogP) is 2.02. The van der Waals surface area contributed by atoms with Crippen LogP contribution < -0.4 is 5.73 Å². The van der Waals surface area contributed by atoms with Crippen molar-refractivity contribution in [3.05, 3.63) is 24.0 Å². The Labute approximate surface area is 85.3 Å². The number of ether oxygens (including phenoxy) is 1. The summed E-state index contributed by atoms with van der Waals surface area (Å²) in [7, 11) is 0. The first-order valence-corrected chi connectivity index (χ1v) is 4.81. The Morgan fingerprint density at radius 2 is 2.14 bits per heavy atom. The first-order chi connectivity index (χ1) is 6.49. The molecule has 0 aliphatic heterocycles. The summed E-state index contributed by atoms with van der Waals surface area (Å²) in [5.41, 5.74) is 7.53. The summed E-state index contributed by atoms with van der Waals surface area (Å²) in [5, 5.41) is 0. The van der Waals surface area contributed by atoms with Crippen molar-refractivity contribution in [1.82, 2.24) is 4.98 Å². The molecule has 0 spiro atoms. The Morgan fingerprint density at radius 1 is 1.43 bits per heavy atom. The van der Waals surface area contributed by atoms with Crippen LogP contribution in [0, 0.1) is 0 Å². The fourth-order valence-corrected chi connectivity index (χ4v) is 1.11. The first-order valence-electron chi connectivity index (χ1n) is 4.81. The molecule has 1 aromatic heterocycles. The van der Waals surface area contributed by atoms with Crippen LogP contribution in [0.2, 0.25) is 0 Å². The molecule has 3 nitrogen and oxygen atoms in total. The third kappa shape index (κ3) is 3.75. The third-order valence-corrected chi connectivity index (χ3v) is 1.85. The van der Waals surface area contributed by atoms with Crippen LogP contribution in [0.5, 0.6) is 0 Å². The highest BCUT2D eigenvalue weighted by atomic mass is 16.5. The van der Waals surface area contributed by atoms with E-state index < -0.39 is 0 Å². The third-order valence-electron chi connectivity index (χ3n) is 1.85. The van der Waals surface area contributed by atoms with Crippen LogP contribution in [0.4, 0.5) is 5.69 Å². The van der Waals surface area contributed by atoms with Crippen molar-refractivity contribution in [3.63, 3.8) is 0 Å². The second kappa shape index (κ2) is 4.42. The lowest BCUT2D eigenvalue weighted by Gasteiger charge is -2.19. The standard InChI is InChI=1S/C11H18N2O/c1-11(2,3)14-7-5-9-8-13-6-4-10(9)12/h4,6,8H,5,7H2,1-3H3,(H2,12,13). The number of hydrogen-bond donors (Lipinski definition) is 1. The number of anilines is 1. The van der Waals surface area contributed by atoms with Crippen LogP contribution >= 0.6 is 0 Å². The lowest BCUT2D eigenvalue weighted by atomic mass is 10.1. The monoisotopic (exact) mass is 194 g/mol. The number of aromatic nitrogens is 1. The molecular weight excluding hydrogens is 176 g/mol. The van der Waals surface area contributed by atoms with E-state index >= 15 is 0 Å². The number of hydrogen-bond acceptors (Lipinski definition) is 3. The molecular formula is C11H18N2O. The Hall–Kier alpha value is -1.09. The summed E-state index contributed by atoms with van der Waals surface area (Å²) in [4.78, 5) is 4.03. The predicted molar refractivity (Wildman–Crippen MR) is 58.1 cm³/mol. The van der Waals surface area contributed by atoms with E-state index in [4.69, 9.17) is 10.5 Å². The summed E-state index contributed by atoms with van der Waals surface area (Å²) < 4.78 is 5.60. The molecule has 0 unspecified atom stereocenters. The van der Waals surface area contributed by atoms with E-state index in [1.165, 1.54) is 0 Å². The summed E-state index contributed by atoms with van der Waals surface area (Å²) in [6.45, 7) is 6.80. The van der Waals surface area contributed by atoms with E-state index in [9.17, 15) is 0 Å². The van der Waals surface area contributed by atoms with Gasteiger partial charge in [0.25, 0.3) is 0 Å². The van der Waals surface area contributed by atoms with Gasteiger partial charge in [-0.25, -0.2) is 0 Å². The van der Waals surface area contributed by atoms with Gasteiger partial charge in [-0.2, -0.15) is 0 Å². The molecule has 1 heterocycles. The highest BCUT2D eigenvalue weighted by Crippen LogP contribution is 2.12. The van der Waals surface area contributed by atoms with Gasteiger partial charge < -0.3 is 10.5 Å². The molecule has 0 amide bonds. The van der Waals surface area contributed by atoms with Crippen LogP contribution in [-0.2, 0) is 11.2 Å². The molecule has 0 atom stereocenters. The summed E-state index contributed by atoms with van der Waals surface area (Å²) >= 11 is 0. The first kappa shape index (κ1) is 11.0. The molecule has 0 aliphatic rings. The van der Waals surface area contributed by atoms with Crippen molar-refractivity contribution in [2.75, 3.05) is 12.3 Å². The topological polar surface area (TPSA) is 48.1 Å². The SMILES string of the molecule is CC(C)(C)OCCc1cnccc1N. The molecule has 2 N–H and O–H groups in total. The minimum Gasteiger partial charge on any atom is -0.398 e. The molecule has 14 heavy (non-hydrogen) atoms. The minimum atomic E-state index is -0.0863. The molecule has 1 aromatic rings. The normalized spacial score (nSPS) is 11.6. The molecule has 0 saturated carbocycles. The fraction of sp³-hybridized carbons (Fsp3) is 0.545. The van der Waals surface area contributed by atoms with E-state index in [2.05, 4.69) is 4.98 Å². The zero-order valence-electron chi connectivity index (χ0n) is 9.08. The van der Waals surface area contributed by atoms with E-state index in [0.29, 0.717) is 6.61 Å². The number of nitrogens with zero attached hydrogens (tertiary/aromatic N) is 1. The van der Waals surface area contributed by atoms with Gasteiger partial charge in [-0.15, -0.1) is 0 Å². The summed E-state index contributed by atoms with van der Waals surface area (Å²) in [5.74, 6) is 0. The lowest BCUT2D eigenvalue weighted by Crippen LogP contribution is -2.20. The maximum Gasteiger partial charge on any atom is 0.0598 e. The summed E-state index contributed by atoms with van der Waals surface area (Å²) in [6.07, 6.45) is 4.31. The van der Waals surface area contributed by atoms with Crippen molar-refractivity contribution >= 4 is 5.69 Å². The van der Waals surface area contributed by atoms with Crippen molar-refractivity contribution in [2.24, 2.45) is 0 Å². The molecule has 0 radical (unpaired) electrons. The van der Waals surface area contributed by atoms with Crippen LogP contribution in [0.1, 0.15) is 26.3 Å². The molecule has 0 aromatic carbocycles. The van der Waals surface area contributed by atoms with Gasteiger partial charge in [0.1, 0.15) is 0 Å². The van der Waals surface area contributed by atoms with Gasteiger partial charge in [0.15, 0.2) is 0 Å². The fourth-order valence-electron chi connectivity index (χ4n) is 1.11. The smallest absolute Gasteiger partial charge is 0.0598 e. The van der Waals surface area contributed by atoms with Gasteiger partial charge in [0.05, 0.1) is 12.2 Å². The highest BCUT2D eigenvalue weighted by molar-refractivity contribution is 5.44. The van der Waals surface area contributed by atoms with E-state index in [1.54, 1.807) is 12.4 Å². The van der Waals surface area contributed by atoms with Crippen LogP contribution in [0.15, 0.2) is 18.5 Å². The van der Waals surface area contributed by atoms with Gasteiger partial charge in [-0.1, -0.05) is 0 Å². The second-order valence-corrected chi connectivity index (χ2v) is 4.29. The zero-order valence-corrected chi connectivity index (χ0v) is 9.08. The number of rotatable bonds is 3. The molecule has 0 saturated heterocycles. The lowest BCUT2D eigenvalue weighted by molar-refractivity contribution is -0.000954. The maximum absolute atomic E-state index is 5.77. The highest BCUT2D eigenvalue weighted by Gasteiger charge is 2.09. The van der Waals surface area contributed by atoms with Crippen molar-refractivity contribution in [1.29, 1.82) is 0 Å². The average Bonchev–Trinajstić information content (AvgIpc) is 2.06. The van der Waals surface area contributed by atoms with Crippen molar-refractivity contribution in [3.8, 4) is 0 Å². The maximum atomic E-state index is 5.77. The van der Waals surface area contributed by atoms with Crippen molar-refractivity contribution < 1.29 is 4.74 Å². The van der Waals surface area contributed by atoms with Crippen LogP contribution in [0.3, 0.4) is 0 Å². The zero-order chi connectivity index (χ0) is 10.6. The van der Waals surface area contributed by atoms with Crippen LogP contribution in [-0.4, -0.2) is 17.2 Å². The molecule has 0 aliphatic carbocycles. The Kier molecular flexibility index (Phi) is 3.47. The average molecular weight is 194 g/mol. The van der Waals surface area contributed by atoms with Gasteiger partial charge in [-0.3, -0.25) is 4.98 Å². The largest absolute Gasteiger partial charge is 0.398 e. The quantitative estimate of drug-likeness (QED) is 0.800.